The first-order valence-electron chi connectivity index (χ1n) is 10.9. The van der Waals surface area contributed by atoms with Crippen LogP contribution < -0.4 is 15.9 Å². The lowest BCUT2D eigenvalue weighted by atomic mass is 10.1. The molecule has 3 heteroatoms. The Bertz CT molecular complexity index is 736. The second kappa shape index (κ2) is 12.0. The van der Waals surface area contributed by atoms with Crippen molar-refractivity contribution in [1.29, 1.82) is 0 Å². The molecule has 0 aliphatic carbocycles. The molecule has 0 bridgehead atoms. The molecule has 0 radical (unpaired) electrons. The normalized spacial score (nSPS) is 11.7. The van der Waals surface area contributed by atoms with Gasteiger partial charge in [0.25, 0.3) is 0 Å². The summed E-state index contributed by atoms with van der Waals surface area (Å²) in [5, 5.41) is 4.42. The lowest BCUT2D eigenvalue weighted by Crippen LogP contribution is -2.33. The van der Waals surface area contributed by atoms with Gasteiger partial charge < -0.3 is 9.47 Å². The molecule has 0 unspecified atom stereocenters. The largest absolute Gasteiger partial charge is 0.356 e. The van der Waals surface area contributed by atoms with Gasteiger partial charge in [-0.2, -0.15) is 0 Å². The molecule has 158 valence electrons. The Hall–Kier alpha value is -1.99. The van der Waals surface area contributed by atoms with Gasteiger partial charge in [-0.1, -0.05) is 61.0 Å². The van der Waals surface area contributed by atoms with Gasteiger partial charge in [-0.25, -0.2) is 0 Å². The van der Waals surface area contributed by atoms with E-state index in [1.54, 1.807) is 14.2 Å². The van der Waals surface area contributed by atoms with Crippen molar-refractivity contribution in [3.8, 4) is 0 Å². The Labute approximate surface area is 182 Å². The molecule has 2 nitrogen and oxygen atoms in total. The summed E-state index contributed by atoms with van der Waals surface area (Å²) in [6, 6.07) is 33.5. The van der Waals surface area contributed by atoms with Crippen LogP contribution in [0.3, 0.4) is 0 Å². The minimum Gasteiger partial charge on any atom is -0.356 e. The van der Waals surface area contributed by atoms with Crippen LogP contribution in [0.2, 0.25) is 0 Å². The van der Waals surface area contributed by atoms with Crippen LogP contribution in [-0.4, -0.2) is 26.7 Å². The fourth-order valence-electron chi connectivity index (χ4n) is 4.23. The molecule has 0 aliphatic heterocycles. The van der Waals surface area contributed by atoms with Crippen molar-refractivity contribution in [3.63, 3.8) is 0 Å². The van der Waals surface area contributed by atoms with Gasteiger partial charge in [0.2, 0.25) is 0 Å². The second-order valence-electron chi connectivity index (χ2n) is 7.64. The highest BCUT2D eigenvalue weighted by Gasteiger charge is 2.44. The predicted molar refractivity (Wildman–Crippen MR) is 131 cm³/mol. The van der Waals surface area contributed by atoms with Gasteiger partial charge in [0.15, 0.2) is 6.29 Å². The molecule has 0 spiro atoms. The van der Waals surface area contributed by atoms with Crippen LogP contribution in [-0.2, 0) is 9.47 Å². The van der Waals surface area contributed by atoms with Crippen molar-refractivity contribution in [1.82, 2.24) is 0 Å². The highest BCUT2D eigenvalue weighted by molar-refractivity contribution is 7.95. The summed E-state index contributed by atoms with van der Waals surface area (Å²) in [7, 11) is 1.75. The van der Waals surface area contributed by atoms with Crippen molar-refractivity contribution in [3.05, 3.63) is 91.0 Å². The van der Waals surface area contributed by atoms with E-state index in [1.807, 2.05) is 0 Å². The van der Waals surface area contributed by atoms with Crippen molar-refractivity contribution in [2.45, 2.75) is 38.4 Å². The van der Waals surface area contributed by atoms with E-state index in [0.29, 0.717) is 0 Å². The highest BCUT2D eigenvalue weighted by atomic mass is 31.2. The first kappa shape index (κ1) is 22.7. The van der Waals surface area contributed by atoms with E-state index in [2.05, 4.69) is 91.0 Å². The molecule has 0 atom stereocenters. The van der Waals surface area contributed by atoms with Crippen LogP contribution in [0.25, 0.3) is 0 Å². The minimum absolute atomic E-state index is 0.0745. The quantitative estimate of drug-likeness (QED) is 0.217. The second-order valence-corrected chi connectivity index (χ2v) is 11.3. The molecule has 3 aromatic carbocycles. The fourth-order valence-corrected chi connectivity index (χ4v) is 8.64. The number of unbranched alkanes of at least 4 members (excludes halogenated alkanes) is 3. The summed E-state index contributed by atoms with van der Waals surface area (Å²) in [6.07, 6.45) is 6.88. The lowest BCUT2D eigenvalue weighted by molar-refractivity contribution is -0.107. The van der Waals surface area contributed by atoms with Crippen LogP contribution in [0.15, 0.2) is 91.0 Å². The van der Waals surface area contributed by atoms with Crippen molar-refractivity contribution in [2.24, 2.45) is 0 Å². The first-order valence-corrected chi connectivity index (χ1v) is 12.9. The van der Waals surface area contributed by atoms with E-state index in [1.165, 1.54) is 41.3 Å². The number of hydrogen-bond acceptors (Lipinski definition) is 2. The Morgan fingerprint density at radius 2 is 0.967 bits per heavy atom. The van der Waals surface area contributed by atoms with Crippen LogP contribution in [0.1, 0.15) is 32.1 Å². The maximum absolute atomic E-state index is 5.32. The third-order valence-corrected chi connectivity index (χ3v) is 10.3. The maximum Gasteiger partial charge on any atom is 0.156 e. The molecule has 0 saturated carbocycles. The monoisotopic (exact) mass is 421 g/mol. The zero-order chi connectivity index (χ0) is 21.1. The number of rotatable bonds is 12. The van der Waals surface area contributed by atoms with Gasteiger partial charge in [0.05, 0.1) is 6.16 Å². The molecule has 0 saturated heterocycles. The zero-order valence-electron chi connectivity index (χ0n) is 18.2. The molecule has 30 heavy (non-hydrogen) atoms. The number of benzene rings is 3. The lowest BCUT2D eigenvalue weighted by Gasteiger charge is -2.27. The van der Waals surface area contributed by atoms with Gasteiger partial charge in [0, 0.05) is 14.2 Å². The fraction of sp³-hybridized carbons (Fsp3) is 0.333. The van der Waals surface area contributed by atoms with E-state index >= 15 is 0 Å². The van der Waals surface area contributed by atoms with Crippen molar-refractivity contribution < 1.29 is 9.47 Å². The molecule has 0 aliphatic rings. The average Bonchev–Trinajstić information content (AvgIpc) is 2.83. The minimum atomic E-state index is -1.68. The van der Waals surface area contributed by atoms with Gasteiger partial charge in [-0.05, 0) is 62.1 Å². The number of ether oxygens (including phenoxy) is 2. The van der Waals surface area contributed by atoms with Crippen molar-refractivity contribution in [2.75, 3.05) is 20.4 Å². The Morgan fingerprint density at radius 3 is 1.37 bits per heavy atom. The van der Waals surface area contributed by atoms with E-state index in [9.17, 15) is 0 Å². The van der Waals surface area contributed by atoms with Gasteiger partial charge in [-0.15, -0.1) is 0 Å². The van der Waals surface area contributed by atoms with Crippen LogP contribution >= 0.6 is 7.26 Å². The zero-order valence-corrected chi connectivity index (χ0v) is 19.1. The SMILES string of the molecule is COC(CCCCCC[P+](c1ccccc1)(c1ccccc1)c1ccccc1)OC. The molecule has 0 N–H and O–H groups in total. The van der Waals surface area contributed by atoms with E-state index < -0.39 is 7.26 Å². The molecular formula is C27H34O2P+. The number of methoxy groups -OCH3 is 2. The molecule has 3 rings (SSSR count). The Balaban J connectivity index is 1.83. The standard InChI is InChI=1S/C27H34O2P/c1-28-27(29-2)22-14-3-4-15-23-30(24-16-8-5-9-17-24,25-18-10-6-11-19-25)26-20-12-7-13-21-26/h5-13,16-21,27H,3-4,14-15,22-23H2,1-2H3/q+1. The summed E-state index contributed by atoms with van der Waals surface area (Å²) in [5.41, 5.74) is 0. The maximum atomic E-state index is 5.32. The summed E-state index contributed by atoms with van der Waals surface area (Å²) >= 11 is 0. The molecule has 0 fully saturated rings. The van der Waals surface area contributed by atoms with E-state index in [-0.39, 0.29) is 6.29 Å². The van der Waals surface area contributed by atoms with E-state index in [4.69, 9.17) is 9.47 Å². The average molecular weight is 422 g/mol. The molecule has 0 heterocycles. The number of hydrogen-bond donors (Lipinski definition) is 0. The van der Waals surface area contributed by atoms with Crippen LogP contribution in [0.5, 0.6) is 0 Å². The third-order valence-electron chi connectivity index (χ3n) is 5.80. The molecular weight excluding hydrogens is 387 g/mol. The highest BCUT2D eigenvalue weighted by Crippen LogP contribution is 2.55. The molecule has 3 aromatic rings. The third kappa shape index (κ3) is 5.58. The van der Waals surface area contributed by atoms with Gasteiger partial charge in [0.1, 0.15) is 23.2 Å². The first-order chi connectivity index (χ1) is 14.8. The summed E-state index contributed by atoms with van der Waals surface area (Å²) < 4.78 is 10.6. The van der Waals surface area contributed by atoms with E-state index in [0.717, 1.165) is 12.8 Å². The summed E-state index contributed by atoms with van der Waals surface area (Å²) in [6.45, 7) is 0. The Morgan fingerprint density at radius 1 is 0.567 bits per heavy atom. The van der Waals surface area contributed by atoms with Crippen LogP contribution in [0.4, 0.5) is 0 Å². The summed E-state index contributed by atoms with van der Waals surface area (Å²) in [4.78, 5) is 0. The summed E-state index contributed by atoms with van der Waals surface area (Å²) in [5.74, 6) is 0. The smallest absolute Gasteiger partial charge is 0.156 e. The Kier molecular flexibility index (Phi) is 9.08. The van der Waals surface area contributed by atoms with Crippen LogP contribution in [0, 0.1) is 0 Å². The van der Waals surface area contributed by atoms with Crippen molar-refractivity contribution >= 4 is 23.2 Å². The predicted octanol–water partition coefficient (Wildman–Crippen LogP) is 5.55. The topological polar surface area (TPSA) is 18.5 Å². The van der Waals surface area contributed by atoms with Gasteiger partial charge >= 0.3 is 0 Å². The molecule has 0 amide bonds. The molecule has 0 aromatic heterocycles. The van der Waals surface area contributed by atoms with Gasteiger partial charge in [-0.3, -0.25) is 0 Å².